The molecule has 0 unspecified atom stereocenters. The third-order valence-electron chi connectivity index (χ3n) is 4.40. The Morgan fingerprint density at radius 2 is 2.29 bits per heavy atom. The Bertz CT molecular complexity index is 990. The minimum Gasteiger partial charge on any atom is -0.325 e. The number of nitrogens with zero attached hydrogens (tertiary/aromatic N) is 3. The summed E-state index contributed by atoms with van der Waals surface area (Å²) in [5.74, 6) is 0.510. The molecule has 0 bridgehead atoms. The maximum atomic E-state index is 12.5. The van der Waals surface area contributed by atoms with Gasteiger partial charge in [0.2, 0.25) is 5.91 Å². The number of hydrogen-bond acceptors (Lipinski definition) is 6. The van der Waals surface area contributed by atoms with Crippen molar-refractivity contribution in [2.45, 2.75) is 36.2 Å². The maximum absolute atomic E-state index is 12.5. The second-order valence-electron chi connectivity index (χ2n) is 6.60. The van der Waals surface area contributed by atoms with E-state index in [9.17, 15) is 13.2 Å². The van der Waals surface area contributed by atoms with Gasteiger partial charge in [0.15, 0.2) is 15.0 Å². The first-order chi connectivity index (χ1) is 13.3. The molecule has 2 heterocycles. The van der Waals surface area contributed by atoms with Crippen LogP contribution in [-0.4, -0.2) is 45.8 Å². The highest BCUT2D eigenvalue weighted by molar-refractivity contribution is 8.00. The number of sulfone groups is 1. The number of amides is 1. The van der Waals surface area contributed by atoms with Crippen LogP contribution in [0.25, 0.3) is 0 Å². The molecule has 1 aliphatic heterocycles. The fourth-order valence-corrected chi connectivity index (χ4v) is 5.81. The van der Waals surface area contributed by atoms with Crippen molar-refractivity contribution in [3.63, 3.8) is 0 Å². The minimum absolute atomic E-state index is 0.0811. The SMILES string of the molecule is C=CCn1c(S[C@@H](C)C(=O)Nc2cccc(Cl)c2)nnc1[C@@H]1CCS(=O)(=O)C1. The molecular weight excluding hydrogens is 420 g/mol. The van der Waals surface area contributed by atoms with Crippen molar-refractivity contribution in [2.75, 3.05) is 16.8 Å². The van der Waals surface area contributed by atoms with E-state index in [1.807, 2.05) is 4.57 Å². The average Bonchev–Trinajstić information content (AvgIpc) is 3.18. The molecule has 2 atom stereocenters. The van der Waals surface area contributed by atoms with E-state index in [2.05, 4.69) is 22.1 Å². The summed E-state index contributed by atoms with van der Waals surface area (Å²) in [5, 5.41) is 11.9. The number of nitrogens with one attached hydrogen (secondary N) is 1. The van der Waals surface area contributed by atoms with Crippen molar-refractivity contribution < 1.29 is 13.2 Å². The van der Waals surface area contributed by atoms with Gasteiger partial charge < -0.3 is 9.88 Å². The van der Waals surface area contributed by atoms with Crippen molar-refractivity contribution in [2.24, 2.45) is 0 Å². The van der Waals surface area contributed by atoms with Crippen LogP contribution in [0.4, 0.5) is 5.69 Å². The Hall–Kier alpha value is -1.84. The van der Waals surface area contributed by atoms with Gasteiger partial charge in [-0.2, -0.15) is 0 Å². The zero-order chi connectivity index (χ0) is 20.3. The van der Waals surface area contributed by atoms with E-state index in [-0.39, 0.29) is 23.3 Å². The summed E-state index contributed by atoms with van der Waals surface area (Å²) in [5.41, 5.74) is 0.620. The Kier molecular flexibility index (Phi) is 6.47. The van der Waals surface area contributed by atoms with Crippen LogP contribution in [0.5, 0.6) is 0 Å². The number of hydrogen-bond donors (Lipinski definition) is 1. The Morgan fingerprint density at radius 1 is 1.50 bits per heavy atom. The Morgan fingerprint density at radius 3 is 2.93 bits per heavy atom. The highest BCUT2D eigenvalue weighted by atomic mass is 35.5. The topological polar surface area (TPSA) is 93.9 Å². The predicted molar refractivity (Wildman–Crippen MR) is 112 cm³/mol. The molecule has 1 fully saturated rings. The zero-order valence-corrected chi connectivity index (χ0v) is 17.7. The molecule has 1 aromatic carbocycles. The lowest BCUT2D eigenvalue weighted by atomic mass is 10.1. The van der Waals surface area contributed by atoms with Gasteiger partial charge in [0.05, 0.1) is 16.8 Å². The maximum Gasteiger partial charge on any atom is 0.237 e. The number of rotatable bonds is 7. The van der Waals surface area contributed by atoms with E-state index >= 15 is 0 Å². The molecule has 1 N–H and O–H groups in total. The lowest BCUT2D eigenvalue weighted by molar-refractivity contribution is -0.115. The van der Waals surface area contributed by atoms with E-state index in [1.54, 1.807) is 37.3 Å². The van der Waals surface area contributed by atoms with Gasteiger partial charge in [0, 0.05) is 23.2 Å². The van der Waals surface area contributed by atoms with Crippen molar-refractivity contribution in [1.29, 1.82) is 0 Å². The van der Waals surface area contributed by atoms with Gasteiger partial charge in [-0.25, -0.2) is 8.42 Å². The molecule has 28 heavy (non-hydrogen) atoms. The number of benzene rings is 1. The third kappa shape index (κ3) is 4.95. The number of anilines is 1. The summed E-state index contributed by atoms with van der Waals surface area (Å²) in [6.07, 6.45) is 2.24. The van der Waals surface area contributed by atoms with Crippen molar-refractivity contribution in [3.8, 4) is 0 Å². The first-order valence-electron chi connectivity index (χ1n) is 8.76. The van der Waals surface area contributed by atoms with Gasteiger partial charge in [0.1, 0.15) is 5.82 Å². The van der Waals surface area contributed by atoms with E-state index in [4.69, 9.17) is 11.6 Å². The minimum atomic E-state index is -3.03. The fraction of sp³-hybridized carbons (Fsp3) is 0.389. The number of allylic oxidation sites excluding steroid dienone is 1. The van der Waals surface area contributed by atoms with E-state index < -0.39 is 15.1 Å². The first-order valence-corrected chi connectivity index (χ1v) is 11.8. The highest BCUT2D eigenvalue weighted by Crippen LogP contribution is 2.31. The van der Waals surface area contributed by atoms with Crippen LogP contribution in [0.1, 0.15) is 25.1 Å². The smallest absolute Gasteiger partial charge is 0.237 e. The number of aromatic nitrogens is 3. The molecule has 3 rings (SSSR count). The molecule has 0 spiro atoms. The van der Waals surface area contributed by atoms with Gasteiger partial charge in [0.25, 0.3) is 0 Å². The van der Waals surface area contributed by atoms with E-state index in [0.717, 1.165) is 0 Å². The molecule has 0 aliphatic carbocycles. The molecule has 2 aromatic rings. The van der Waals surface area contributed by atoms with Crippen LogP contribution in [0.2, 0.25) is 5.02 Å². The molecule has 0 radical (unpaired) electrons. The van der Waals surface area contributed by atoms with Gasteiger partial charge >= 0.3 is 0 Å². The summed E-state index contributed by atoms with van der Waals surface area (Å²) in [7, 11) is -3.03. The van der Waals surface area contributed by atoms with Gasteiger partial charge in [-0.3, -0.25) is 4.79 Å². The third-order valence-corrected chi connectivity index (χ3v) is 7.48. The van der Waals surface area contributed by atoms with Crippen LogP contribution in [0, 0.1) is 0 Å². The number of carbonyl (C=O) groups is 1. The molecule has 1 aromatic heterocycles. The van der Waals surface area contributed by atoms with Crippen LogP contribution < -0.4 is 5.32 Å². The first kappa shape index (κ1) is 20.9. The normalized spacial score (nSPS) is 19.3. The summed E-state index contributed by atoms with van der Waals surface area (Å²) >= 11 is 7.22. The van der Waals surface area contributed by atoms with Crippen molar-refractivity contribution in [1.82, 2.24) is 14.8 Å². The van der Waals surface area contributed by atoms with Crippen LogP contribution in [-0.2, 0) is 21.2 Å². The molecule has 1 amide bonds. The molecule has 7 nitrogen and oxygen atoms in total. The van der Waals surface area contributed by atoms with Crippen LogP contribution in [0.3, 0.4) is 0 Å². The average molecular weight is 441 g/mol. The molecular formula is C18H21ClN4O3S2. The van der Waals surface area contributed by atoms with Gasteiger partial charge in [-0.15, -0.1) is 16.8 Å². The predicted octanol–water partition coefficient (Wildman–Crippen LogP) is 3.14. The van der Waals surface area contributed by atoms with Gasteiger partial charge in [-0.1, -0.05) is 35.5 Å². The second-order valence-corrected chi connectivity index (χ2v) is 10.6. The van der Waals surface area contributed by atoms with E-state index in [0.29, 0.717) is 34.7 Å². The number of halogens is 1. The molecule has 1 saturated heterocycles. The molecule has 1 aliphatic rings. The summed E-state index contributed by atoms with van der Waals surface area (Å²) in [4.78, 5) is 12.5. The molecule has 150 valence electrons. The largest absolute Gasteiger partial charge is 0.325 e. The lowest BCUT2D eigenvalue weighted by Gasteiger charge is -2.14. The Labute approximate surface area is 173 Å². The van der Waals surface area contributed by atoms with Crippen molar-refractivity contribution in [3.05, 3.63) is 47.8 Å². The Balaban J connectivity index is 1.74. The summed E-state index contributed by atoms with van der Waals surface area (Å²) in [6.45, 7) is 5.98. The van der Waals surface area contributed by atoms with Gasteiger partial charge in [-0.05, 0) is 31.5 Å². The quantitative estimate of drug-likeness (QED) is 0.525. The zero-order valence-electron chi connectivity index (χ0n) is 15.3. The van der Waals surface area contributed by atoms with Crippen LogP contribution in [0.15, 0.2) is 42.1 Å². The summed E-state index contributed by atoms with van der Waals surface area (Å²) in [6, 6.07) is 6.94. The summed E-state index contributed by atoms with van der Waals surface area (Å²) < 4.78 is 25.5. The number of carbonyl (C=O) groups excluding carboxylic acids is 1. The number of thioether (sulfide) groups is 1. The highest BCUT2D eigenvalue weighted by Gasteiger charge is 2.33. The van der Waals surface area contributed by atoms with E-state index in [1.165, 1.54) is 11.8 Å². The van der Waals surface area contributed by atoms with Crippen molar-refractivity contribution >= 4 is 44.8 Å². The van der Waals surface area contributed by atoms with Crippen LogP contribution >= 0.6 is 23.4 Å². The lowest BCUT2D eigenvalue weighted by Crippen LogP contribution is -2.23. The fourth-order valence-electron chi connectivity index (χ4n) is 3.01. The standard InChI is InChI=1S/C18H21ClN4O3S2/c1-3-8-23-16(13-7-9-28(25,26)11-13)21-22-18(23)27-12(2)17(24)20-15-6-4-5-14(19)10-15/h3-6,10,12-13H,1,7-9,11H2,2H3,(H,20,24)/t12-,13+/m0/s1. The molecule has 0 saturated carbocycles. The second kappa shape index (κ2) is 8.67. The monoisotopic (exact) mass is 440 g/mol. The molecule has 10 heteroatoms.